The van der Waals surface area contributed by atoms with Crippen LogP contribution in [0.1, 0.15) is 18.1 Å². The van der Waals surface area contributed by atoms with Gasteiger partial charge in [-0.25, -0.2) is 0 Å². The molecule has 1 aromatic carbocycles. The van der Waals surface area contributed by atoms with E-state index in [0.717, 1.165) is 17.5 Å². The van der Waals surface area contributed by atoms with Crippen molar-refractivity contribution in [2.24, 2.45) is 5.73 Å². The molecular weight excluding hydrogens is 214 g/mol. The van der Waals surface area contributed by atoms with Crippen LogP contribution in [-0.2, 0) is 12.8 Å². The average molecular weight is 228 g/mol. The molecule has 0 saturated carbocycles. The van der Waals surface area contributed by atoms with E-state index in [0.29, 0.717) is 23.8 Å². The summed E-state index contributed by atoms with van der Waals surface area (Å²) in [6, 6.07) is 1.94. The third-order valence-corrected chi connectivity index (χ3v) is 2.86. The third kappa shape index (κ3) is 1.90. The monoisotopic (exact) mass is 227 g/mol. The molecule has 1 unspecified atom stereocenters. The van der Waals surface area contributed by atoms with Crippen LogP contribution in [0.15, 0.2) is 6.07 Å². The molecule has 4 heteroatoms. The van der Waals surface area contributed by atoms with Gasteiger partial charge in [-0.1, -0.05) is 11.6 Å². The van der Waals surface area contributed by atoms with E-state index in [4.69, 9.17) is 22.1 Å². The second-order valence-electron chi connectivity index (χ2n) is 3.97. The van der Waals surface area contributed by atoms with E-state index in [9.17, 15) is 5.11 Å². The van der Waals surface area contributed by atoms with Gasteiger partial charge in [0.2, 0.25) is 0 Å². The Morgan fingerprint density at radius 3 is 3.07 bits per heavy atom. The van der Waals surface area contributed by atoms with Gasteiger partial charge < -0.3 is 15.6 Å². The van der Waals surface area contributed by atoms with Gasteiger partial charge in [-0.05, 0) is 30.5 Å². The molecule has 0 aromatic heterocycles. The highest BCUT2D eigenvalue weighted by molar-refractivity contribution is 6.33. The van der Waals surface area contributed by atoms with E-state index in [-0.39, 0.29) is 11.8 Å². The lowest BCUT2D eigenvalue weighted by molar-refractivity contribution is 0.354. The zero-order valence-electron chi connectivity index (χ0n) is 8.59. The summed E-state index contributed by atoms with van der Waals surface area (Å²) in [7, 11) is 0. The van der Waals surface area contributed by atoms with Gasteiger partial charge >= 0.3 is 0 Å². The van der Waals surface area contributed by atoms with Crippen LogP contribution in [0.2, 0.25) is 5.02 Å². The van der Waals surface area contributed by atoms with E-state index in [2.05, 4.69) is 0 Å². The molecule has 0 amide bonds. The van der Waals surface area contributed by atoms with Crippen molar-refractivity contribution < 1.29 is 9.84 Å². The first-order chi connectivity index (χ1) is 7.09. The largest absolute Gasteiger partial charge is 0.506 e. The Hall–Kier alpha value is -0.930. The highest BCUT2D eigenvalue weighted by atomic mass is 35.5. The average Bonchev–Trinajstić information content (AvgIpc) is 2.61. The van der Waals surface area contributed by atoms with Crippen molar-refractivity contribution in [1.82, 2.24) is 0 Å². The number of rotatable bonds is 2. The van der Waals surface area contributed by atoms with Crippen molar-refractivity contribution in [2.75, 3.05) is 6.61 Å². The molecule has 0 bridgehead atoms. The van der Waals surface area contributed by atoms with E-state index in [1.807, 2.05) is 13.0 Å². The van der Waals surface area contributed by atoms with Gasteiger partial charge in [0.15, 0.2) is 0 Å². The maximum absolute atomic E-state index is 9.84. The van der Waals surface area contributed by atoms with Gasteiger partial charge in [0.1, 0.15) is 16.5 Å². The van der Waals surface area contributed by atoms with Crippen LogP contribution in [0.25, 0.3) is 0 Å². The minimum absolute atomic E-state index is 0.00679. The van der Waals surface area contributed by atoms with Gasteiger partial charge in [0.25, 0.3) is 0 Å². The topological polar surface area (TPSA) is 55.5 Å². The Labute approximate surface area is 93.8 Å². The SMILES string of the molecule is CC(N)Cc1cc2c(c(Cl)c1O)OCC2. The molecule has 3 nitrogen and oxygen atoms in total. The molecule has 1 aliphatic heterocycles. The molecule has 2 rings (SSSR count). The van der Waals surface area contributed by atoms with Crippen LogP contribution in [-0.4, -0.2) is 17.8 Å². The van der Waals surface area contributed by atoms with Crippen LogP contribution in [0.5, 0.6) is 11.5 Å². The highest BCUT2D eigenvalue weighted by Gasteiger charge is 2.21. The number of aromatic hydroxyl groups is 1. The van der Waals surface area contributed by atoms with E-state index in [1.165, 1.54) is 0 Å². The molecule has 0 fully saturated rings. The summed E-state index contributed by atoms with van der Waals surface area (Å²) in [5.41, 5.74) is 7.57. The van der Waals surface area contributed by atoms with Gasteiger partial charge in [-0.3, -0.25) is 0 Å². The van der Waals surface area contributed by atoms with Crippen molar-refractivity contribution in [3.8, 4) is 11.5 Å². The molecule has 0 saturated heterocycles. The number of ether oxygens (including phenoxy) is 1. The molecule has 15 heavy (non-hydrogen) atoms. The fourth-order valence-electron chi connectivity index (χ4n) is 1.84. The number of hydrogen-bond donors (Lipinski definition) is 2. The lowest BCUT2D eigenvalue weighted by atomic mass is 10.0. The third-order valence-electron chi connectivity index (χ3n) is 2.51. The summed E-state index contributed by atoms with van der Waals surface area (Å²) < 4.78 is 5.35. The molecular formula is C11H14ClNO2. The molecule has 1 aliphatic rings. The molecule has 1 atom stereocenters. The van der Waals surface area contributed by atoms with Crippen LogP contribution >= 0.6 is 11.6 Å². The Morgan fingerprint density at radius 1 is 1.67 bits per heavy atom. The fraction of sp³-hybridized carbons (Fsp3) is 0.455. The second-order valence-corrected chi connectivity index (χ2v) is 4.34. The van der Waals surface area contributed by atoms with Gasteiger partial charge in [-0.2, -0.15) is 0 Å². The van der Waals surface area contributed by atoms with Crippen LogP contribution in [0.4, 0.5) is 0 Å². The first kappa shape index (κ1) is 10.6. The molecule has 3 N–H and O–H groups in total. The summed E-state index contributed by atoms with van der Waals surface area (Å²) in [6.45, 7) is 2.53. The summed E-state index contributed by atoms with van der Waals surface area (Å²) >= 11 is 6.01. The first-order valence-electron chi connectivity index (χ1n) is 5.01. The zero-order valence-corrected chi connectivity index (χ0v) is 9.34. The second kappa shape index (κ2) is 3.91. The lowest BCUT2D eigenvalue weighted by Crippen LogP contribution is -2.17. The number of phenols is 1. The van der Waals surface area contributed by atoms with Crippen molar-refractivity contribution in [1.29, 1.82) is 0 Å². The van der Waals surface area contributed by atoms with Gasteiger partial charge in [-0.15, -0.1) is 0 Å². The molecule has 82 valence electrons. The van der Waals surface area contributed by atoms with Gasteiger partial charge in [0.05, 0.1) is 6.61 Å². The number of halogens is 1. The molecule has 1 aromatic rings. The van der Waals surface area contributed by atoms with E-state index >= 15 is 0 Å². The fourth-order valence-corrected chi connectivity index (χ4v) is 2.14. The smallest absolute Gasteiger partial charge is 0.145 e. The van der Waals surface area contributed by atoms with Crippen molar-refractivity contribution in [2.45, 2.75) is 25.8 Å². The zero-order chi connectivity index (χ0) is 11.0. The number of fused-ring (bicyclic) bond motifs is 1. The molecule has 0 spiro atoms. The number of phenolic OH excluding ortho intramolecular Hbond substituents is 1. The maximum atomic E-state index is 9.84. The van der Waals surface area contributed by atoms with Crippen LogP contribution < -0.4 is 10.5 Å². The standard InChI is InChI=1S/C11H14ClNO2/c1-6(13)4-8-5-7-2-3-15-11(7)9(12)10(8)14/h5-6,14H,2-4,13H2,1H3. The number of hydrogen-bond acceptors (Lipinski definition) is 3. The molecule has 0 radical (unpaired) electrons. The predicted octanol–water partition coefficient (Wildman–Crippen LogP) is 1.87. The minimum Gasteiger partial charge on any atom is -0.506 e. The highest BCUT2D eigenvalue weighted by Crippen LogP contribution is 2.42. The van der Waals surface area contributed by atoms with Crippen LogP contribution in [0, 0.1) is 0 Å². The number of nitrogens with two attached hydrogens (primary N) is 1. The van der Waals surface area contributed by atoms with Crippen LogP contribution in [0.3, 0.4) is 0 Å². The normalized spacial score (nSPS) is 15.9. The minimum atomic E-state index is 0.00679. The van der Waals surface area contributed by atoms with Crippen molar-refractivity contribution in [3.63, 3.8) is 0 Å². The molecule has 0 aliphatic carbocycles. The summed E-state index contributed by atoms with van der Waals surface area (Å²) in [5.74, 6) is 0.734. The van der Waals surface area contributed by atoms with E-state index < -0.39 is 0 Å². The summed E-state index contributed by atoms with van der Waals surface area (Å²) in [6.07, 6.45) is 1.47. The Bertz CT molecular complexity index is 391. The lowest BCUT2D eigenvalue weighted by Gasteiger charge is -2.11. The summed E-state index contributed by atoms with van der Waals surface area (Å²) in [5, 5.41) is 10.2. The molecule has 1 heterocycles. The summed E-state index contributed by atoms with van der Waals surface area (Å²) in [4.78, 5) is 0. The Kier molecular flexibility index (Phi) is 2.76. The Balaban J connectivity index is 2.44. The van der Waals surface area contributed by atoms with Gasteiger partial charge in [0, 0.05) is 12.5 Å². The quantitative estimate of drug-likeness (QED) is 0.811. The predicted molar refractivity (Wildman–Crippen MR) is 59.7 cm³/mol. The van der Waals surface area contributed by atoms with Crippen molar-refractivity contribution >= 4 is 11.6 Å². The van der Waals surface area contributed by atoms with Crippen molar-refractivity contribution in [3.05, 3.63) is 22.2 Å². The Morgan fingerprint density at radius 2 is 2.40 bits per heavy atom. The first-order valence-corrected chi connectivity index (χ1v) is 5.39. The van der Waals surface area contributed by atoms with E-state index in [1.54, 1.807) is 0 Å². The number of benzene rings is 1. The maximum Gasteiger partial charge on any atom is 0.145 e.